The highest BCUT2D eigenvalue weighted by Crippen LogP contribution is 2.29. The van der Waals surface area contributed by atoms with E-state index in [1.165, 1.54) is 5.56 Å². The van der Waals surface area contributed by atoms with Gasteiger partial charge >= 0.3 is 0 Å². The second-order valence-electron chi connectivity index (χ2n) is 3.21. The molecular weight excluding hydrogens is 216 g/mol. The average Bonchev–Trinajstić information content (AvgIpc) is 2.03. The summed E-state index contributed by atoms with van der Waals surface area (Å²) < 4.78 is -0.0194. The molecule has 0 aliphatic rings. The lowest BCUT2D eigenvalue weighted by atomic mass is 10.0. The van der Waals surface area contributed by atoms with Gasteiger partial charge in [0.2, 0.25) is 0 Å². The molecule has 12 heavy (non-hydrogen) atoms. The van der Waals surface area contributed by atoms with Gasteiger partial charge in [-0.15, -0.1) is 0 Å². The van der Waals surface area contributed by atoms with Crippen molar-refractivity contribution in [3.05, 3.63) is 35.4 Å². The fourth-order valence-electron chi connectivity index (χ4n) is 0.958. The Morgan fingerprint density at radius 1 is 1.25 bits per heavy atom. The molecule has 0 aliphatic heterocycles. The van der Waals surface area contributed by atoms with Crippen LogP contribution in [0.25, 0.3) is 0 Å². The molecule has 0 atom stereocenters. The SMILES string of the molecule is CC(C)(Br)c1ccc(C=O)cc1. The van der Waals surface area contributed by atoms with Crippen LogP contribution in [0.1, 0.15) is 29.8 Å². The third kappa shape index (κ3) is 2.18. The third-order valence-corrected chi connectivity index (χ3v) is 2.19. The van der Waals surface area contributed by atoms with Crippen molar-refractivity contribution in [1.29, 1.82) is 0 Å². The predicted octanol–water partition coefficient (Wildman–Crippen LogP) is 3.13. The van der Waals surface area contributed by atoms with Crippen molar-refractivity contribution < 1.29 is 4.79 Å². The Hall–Kier alpha value is -0.630. The molecule has 2 heteroatoms. The van der Waals surface area contributed by atoms with E-state index in [-0.39, 0.29) is 4.32 Å². The number of hydrogen-bond donors (Lipinski definition) is 0. The Morgan fingerprint density at radius 2 is 1.75 bits per heavy atom. The summed E-state index contributed by atoms with van der Waals surface area (Å²) in [5.74, 6) is 0. The molecular formula is C10H11BrO. The lowest BCUT2D eigenvalue weighted by Crippen LogP contribution is -2.05. The maximum absolute atomic E-state index is 10.4. The number of rotatable bonds is 2. The second kappa shape index (κ2) is 3.40. The molecule has 0 radical (unpaired) electrons. The van der Waals surface area contributed by atoms with Gasteiger partial charge in [0, 0.05) is 9.89 Å². The van der Waals surface area contributed by atoms with E-state index < -0.39 is 0 Å². The van der Waals surface area contributed by atoms with Crippen LogP contribution in [0.4, 0.5) is 0 Å². The van der Waals surface area contributed by atoms with E-state index in [1.54, 1.807) is 0 Å². The van der Waals surface area contributed by atoms with Gasteiger partial charge in [-0.1, -0.05) is 40.2 Å². The van der Waals surface area contributed by atoms with E-state index in [0.29, 0.717) is 0 Å². The molecule has 0 spiro atoms. The monoisotopic (exact) mass is 226 g/mol. The minimum atomic E-state index is -0.0194. The predicted molar refractivity (Wildman–Crippen MR) is 53.8 cm³/mol. The molecule has 0 N–H and O–H groups in total. The molecule has 64 valence electrons. The largest absolute Gasteiger partial charge is 0.298 e. The van der Waals surface area contributed by atoms with E-state index >= 15 is 0 Å². The van der Waals surface area contributed by atoms with Gasteiger partial charge in [0.25, 0.3) is 0 Å². The average molecular weight is 227 g/mol. The number of halogens is 1. The quantitative estimate of drug-likeness (QED) is 0.560. The Kier molecular flexibility index (Phi) is 2.68. The maximum atomic E-state index is 10.4. The zero-order valence-corrected chi connectivity index (χ0v) is 8.76. The van der Waals surface area contributed by atoms with Gasteiger partial charge in [-0.25, -0.2) is 0 Å². The Morgan fingerprint density at radius 3 is 2.08 bits per heavy atom. The van der Waals surface area contributed by atoms with Gasteiger partial charge in [-0.05, 0) is 19.4 Å². The van der Waals surface area contributed by atoms with E-state index in [0.717, 1.165) is 11.8 Å². The van der Waals surface area contributed by atoms with Gasteiger partial charge in [-0.3, -0.25) is 4.79 Å². The molecule has 0 saturated carbocycles. The molecule has 1 aromatic rings. The van der Waals surface area contributed by atoms with Crippen molar-refractivity contribution >= 4 is 22.2 Å². The molecule has 0 amide bonds. The van der Waals surface area contributed by atoms with Crippen LogP contribution in [0.2, 0.25) is 0 Å². The van der Waals surface area contributed by atoms with Gasteiger partial charge in [0.05, 0.1) is 0 Å². The summed E-state index contributed by atoms with van der Waals surface area (Å²) in [7, 11) is 0. The molecule has 1 rings (SSSR count). The van der Waals surface area contributed by atoms with Crippen LogP contribution in [0.5, 0.6) is 0 Å². The molecule has 0 saturated heterocycles. The van der Waals surface area contributed by atoms with Gasteiger partial charge in [0.1, 0.15) is 6.29 Å². The number of carbonyl (C=O) groups excluding carboxylic acids is 1. The van der Waals surface area contributed by atoms with Crippen LogP contribution >= 0.6 is 15.9 Å². The second-order valence-corrected chi connectivity index (χ2v) is 5.19. The fraction of sp³-hybridized carbons (Fsp3) is 0.300. The fourth-order valence-corrected chi connectivity index (χ4v) is 1.22. The van der Waals surface area contributed by atoms with Gasteiger partial charge < -0.3 is 0 Å². The minimum absolute atomic E-state index is 0.0194. The lowest BCUT2D eigenvalue weighted by molar-refractivity contribution is 0.112. The molecule has 0 unspecified atom stereocenters. The number of benzene rings is 1. The normalized spacial score (nSPS) is 11.2. The molecule has 0 bridgehead atoms. The van der Waals surface area contributed by atoms with Crippen LogP contribution < -0.4 is 0 Å². The lowest BCUT2D eigenvalue weighted by Gasteiger charge is -2.16. The van der Waals surface area contributed by atoms with E-state index in [4.69, 9.17) is 0 Å². The highest BCUT2D eigenvalue weighted by molar-refractivity contribution is 9.09. The summed E-state index contributed by atoms with van der Waals surface area (Å²) in [6.07, 6.45) is 0.852. The van der Waals surface area contributed by atoms with Crippen LogP contribution in [0.3, 0.4) is 0 Å². The van der Waals surface area contributed by atoms with Crippen molar-refractivity contribution in [3.8, 4) is 0 Å². The molecule has 0 aliphatic carbocycles. The Bertz CT molecular complexity index is 269. The number of alkyl halides is 1. The van der Waals surface area contributed by atoms with Crippen LogP contribution in [0.15, 0.2) is 24.3 Å². The summed E-state index contributed by atoms with van der Waals surface area (Å²) >= 11 is 3.54. The maximum Gasteiger partial charge on any atom is 0.150 e. The van der Waals surface area contributed by atoms with Gasteiger partial charge in [0.15, 0.2) is 0 Å². The highest BCUT2D eigenvalue weighted by Gasteiger charge is 2.14. The van der Waals surface area contributed by atoms with Crippen LogP contribution in [0, 0.1) is 0 Å². The number of hydrogen-bond acceptors (Lipinski definition) is 1. The first-order valence-electron chi connectivity index (χ1n) is 3.78. The van der Waals surface area contributed by atoms with E-state index in [2.05, 4.69) is 29.8 Å². The number of carbonyl (C=O) groups is 1. The van der Waals surface area contributed by atoms with Gasteiger partial charge in [-0.2, -0.15) is 0 Å². The molecule has 1 nitrogen and oxygen atoms in total. The smallest absolute Gasteiger partial charge is 0.150 e. The first-order valence-corrected chi connectivity index (χ1v) is 4.58. The van der Waals surface area contributed by atoms with E-state index in [9.17, 15) is 4.79 Å². The molecule has 0 fully saturated rings. The topological polar surface area (TPSA) is 17.1 Å². The summed E-state index contributed by atoms with van der Waals surface area (Å²) in [4.78, 5) is 10.4. The zero-order valence-electron chi connectivity index (χ0n) is 7.17. The summed E-state index contributed by atoms with van der Waals surface area (Å²) in [6.45, 7) is 4.14. The van der Waals surface area contributed by atoms with Crippen molar-refractivity contribution in [3.63, 3.8) is 0 Å². The van der Waals surface area contributed by atoms with Crippen molar-refractivity contribution in [1.82, 2.24) is 0 Å². The zero-order chi connectivity index (χ0) is 9.19. The standard InChI is InChI=1S/C10H11BrO/c1-10(2,11)9-5-3-8(7-12)4-6-9/h3-7H,1-2H3. The summed E-state index contributed by atoms with van der Waals surface area (Å²) in [5, 5.41) is 0. The van der Waals surface area contributed by atoms with Crippen molar-refractivity contribution in [2.75, 3.05) is 0 Å². The molecule has 1 aromatic carbocycles. The minimum Gasteiger partial charge on any atom is -0.298 e. The Balaban J connectivity index is 3.00. The number of aldehydes is 1. The summed E-state index contributed by atoms with van der Waals surface area (Å²) in [5.41, 5.74) is 1.89. The van der Waals surface area contributed by atoms with E-state index in [1.807, 2.05) is 24.3 Å². The highest BCUT2D eigenvalue weighted by atomic mass is 79.9. The first-order chi connectivity index (χ1) is 5.54. The Labute approximate surface area is 80.9 Å². The van der Waals surface area contributed by atoms with Crippen LogP contribution in [-0.2, 0) is 4.32 Å². The van der Waals surface area contributed by atoms with Crippen LogP contribution in [-0.4, -0.2) is 6.29 Å². The summed E-state index contributed by atoms with van der Waals surface area (Å²) in [6, 6.07) is 7.56. The third-order valence-electron chi connectivity index (χ3n) is 1.73. The van der Waals surface area contributed by atoms with Crippen molar-refractivity contribution in [2.24, 2.45) is 0 Å². The van der Waals surface area contributed by atoms with Crippen molar-refractivity contribution in [2.45, 2.75) is 18.2 Å². The first kappa shape index (κ1) is 9.46. The molecule has 0 heterocycles. The molecule has 0 aromatic heterocycles.